The third-order valence-corrected chi connectivity index (χ3v) is 3.39. The van der Waals surface area contributed by atoms with Crippen molar-refractivity contribution in [3.8, 4) is 0 Å². The highest BCUT2D eigenvalue weighted by Gasteiger charge is 2.16. The SMILES string of the molecule is Nc1ccc(F)c(F)c1NC(=O)c1ccc(Cl)s1. The number of nitrogens with one attached hydrogen (secondary N) is 1. The number of nitrogen functional groups attached to an aromatic ring is 1. The number of amides is 1. The van der Waals surface area contributed by atoms with Crippen molar-refractivity contribution in [2.75, 3.05) is 11.1 Å². The normalized spacial score (nSPS) is 10.4. The second-order valence-electron chi connectivity index (χ2n) is 3.38. The van der Waals surface area contributed by atoms with Gasteiger partial charge in [-0.2, -0.15) is 0 Å². The molecule has 3 nitrogen and oxygen atoms in total. The molecule has 1 aromatic heterocycles. The van der Waals surface area contributed by atoms with Crippen LogP contribution in [0.5, 0.6) is 0 Å². The molecule has 0 aliphatic rings. The molecule has 2 rings (SSSR count). The maximum atomic E-state index is 13.5. The van der Waals surface area contributed by atoms with Crippen molar-refractivity contribution in [1.82, 2.24) is 0 Å². The Bertz CT molecular complexity index is 615. The fraction of sp³-hybridized carbons (Fsp3) is 0. The van der Waals surface area contributed by atoms with Gasteiger partial charge < -0.3 is 11.1 Å². The van der Waals surface area contributed by atoms with E-state index in [9.17, 15) is 13.6 Å². The number of halogens is 3. The fourth-order valence-electron chi connectivity index (χ4n) is 1.30. The molecule has 0 spiro atoms. The van der Waals surface area contributed by atoms with Crippen molar-refractivity contribution in [3.63, 3.8) is 0 Å². The average Bonchev–Trinajstić information content (AvgIpc) is 2.76. The maximum absolute atomic E-state index is 13.5. The first-order valence-corrected chi connectivity index (χ1v) is 5.98. The van der Waals surface area contributed by atoms with Crippen molar-refractivity contribution in [2.24, 2.45) is 0 Å². The molecule has 0 saturated heterocycles. The van der Waals surface area contributed by atoms with Gasteiger partial charge >= 0.3 is 0 Å². The number of nitrogens with two attached hydrogens (primary N) is 1. The Morgan fingerprint density at radius 3 is 2.61 bits per heavy atom. The van der Waals surface area contributed by atoms with E-state index in [-0.39, 0.29) is 16.3 Å². The van der Waals surface area contributed by atoms with E-state index in [1.807, 2.05) is 0 Å². The first kappa shape index (κ1) is 12.8. The van der Waals surface area contributed by atoms with Crippen LogP contribution in [-0.4, -0.2) is 5.91 Å². The molecule has 0 unspecified atom stereocenters. The highest BCUT2D eigenvalue weighted by molar-refractivity contribution is 7.18. The molecule has 18 heavy (non-hydrogen) atoms. The molecule has 0 fully saturated rings. The van der Waals surface area contributed by atoms with Gasteiger partial charge in [0.1, 0.15) is 5.69 Å². The highest BCUT2D eigenvalue weighted by atomic mass is 35.5. The second kappa shape index (κ2) is 4.91. The standard InChI is InChI=1S/C11H7ClF2N2OS/c12-8-4-3-7(18-8)11(17)16-10-6(15)2-1-5(13)9(10)14/h1-4H,15H2,(H,16,17). The van der Waals surface area contributed by atoms with Crippen molar-refractivity contribution in [1.29, 1.82) is 0 Å². The summed E-state index contributed by atoms with van der Waals surface area (Å²) in [5.41, 5.74) is 5.06. The van der Waals surface area contributed by atoms with Gasteiger partial charge in [-0.1, -0.05) is 11.6 Å². The van der Waals surface area contributed by atoms with Gasteiger partial charge in [-0.15, -0.1) is 11.3 Å². The molecule has 0 radical (unpaired) electrons. The van der Waals surface area contributed by atoms with Crippen LogP contribution in [0.15, 0.2) is 24.3 Å². The summed E-state index contributed by atoms with van der Waals surface area (Å²) in [6.45, 7) is 0. The molecule has 1 heterocycles. The largest absolute Gasteiger partial charge is 0.397 e. The van der Waals surface area contributed by atoms with Crippen LogP contribution >= 0.6 is 22.9 Å². The third-order valence-electron chi connectivity index (χ3n) is 2.16. The van der Waals surface area contributed by atoms with E-state index in [4.69, 9.17) is 17.3 Å². The number of hydrogen-bond donors (Lipinski definition) is 2. The summed E-state index contributed by atoms with van der Waals surface area (Å²) in [6, 6.07) is 5.08. The summed E-state index contributed by atoms with van der Waals surface area (Å²) in [5.74, 6) is -2.86. The van der Waals surface area contributed by atoms with Crippen LogP contribution in [-0.2, 0) is 0 Å². The van der Waals surface area contributed by atoms with E-state index < -0.39 is 17.5 Å². The van der Waals surface area contributed by atoms with E-state index in [1.165, 1.54) is 18.2 Å². The summed E-state index contributed by atoms with van der Waals surface area (Å²) in [4.78, 5) is 12.0. The third kappa shape index (κ3) is 2.44. The number of benzene rings is 1. The number of hydrogen-bond acceptors (Lipinski definition) is 3. The van der Waals surface area contributed by atoms with Crippen LogP contribution < -0.4 is 11.1 Å². The Labute approximate surface area is 110 Å². The van der Waals surface area contributed by atoms with Crippen molar-refractivity contribution < 1.29 is 13.6 Å². The summed E-state index contributed by atoms with van der Waals surface area (Å²) in [5, 5.41) is 2.22. The van der Waals surface area contributed by atoms with Crippen molar-refractivity contribution >= 4 is 40.2 Å². The van der Waals surface area contributed by atoms with Crippen LogP contribution in [0.25, 0.3) is 0 Å². The Kier molecular flexibility index (Phi) is 3.49. The molecule has 0 aliphatic carbocycles. The molecule has 0 atom stereocenters. The zero-order chi connectivity index (χ0) is 13.3. The lowest BCUT2D eigenvalue weighted by Gasteiger charge is -2.08. The number of carbonyl (C=O) groups excluding carboxylic acids is 1. The van der Waals surface area contributed by atoms with Gasteiger partial charge in [0.2, 0.25) is 0 Å². The smallest absolute Gasteiger partial charge is 0.265 e. The molecule has 0 aliphatic heterocycles. The predicted molar refractivity (Wildman–Crippen MR) is 68.1 cm³/mol. The van der Waals surface area contributed by atoms with Gasteiger partial charge in [-0.25, -0.2) is 8.78 Å². The van der Waals surface area contributed by atoms with Gasteiger partial charge in [0, 0.05) is 0 Å². The lowest BCUT2D eigenvalue weighted by Crippen LogP contribution is -2.13. The molecule has 1 amide bonds. The van der Waals surface area contributed by atoms with Crippen LogP contribution in [0.2, 0.25) is 4.34 Å². The molecular weight excluding hydrogens is 282 g/mol. The van der Waals surface area contributed by atoms with Crippen LogP contribution in [0.1, 0.15) is 9.67 Å². The number of rotatable bonds is 2. The first-order valence-electron chi connectivity index (χ1n) is 4.79. The average molecular weight is 289 g/mol. The van der Waals surface area contributed by atoms with Gasteiger partial charge in [-0.05, 0) is 24.3 Å². The minimum absolute atomic E-state index is 0.0510. The first-order chi connectivity index (χ1) is 8.49. The van der Waals surface area contributed by atoms with Crippen molar-refractivity contribution in [3.05, 3.63) is 45.1 Å². The van der Waals surface area contributed by atoms with Gasteiger partial charge in [0.25, 0.3) is 5.91 Å². The van der Waals surface area contributed by atoms with Gasteiger partial charge in [-0.3, -0.25) is 4.79 Å². The fourth-order valence-corrected chi connectivity index (χ4v) is 2.24. The molecular formula is C11H7ClF2N2OS. The Balaban J connectivity index is 2.30. The lowest BCUT2D eigenvalue weighted by molar-refractivity contribution is 0.103. The molecule has 1 aromatic carbocycles. The minimum atomic E-state index is -1.19. The monoisotopic (exact) mass is 288 g/mol. The Morgan fingerprint density at radius 2 is 2.00 bits per heavy atom. The minimum Gasteiger partial charge on any atom is -0.397 e. The Hall–Kier alpha value is -1.66. The summed E-state index contributed by atoms with van der Waals surface area (Å²) >= 11 is 6.70. The van der Waals surface area contributed by atoms with Gasteiger partial charge in [0.05, 0.1) is 14.9 Å². The van der Waals surface area contributed by atoms with E-state index in [1.54, 1.807) is 0 Å². The molecule has 0 saturated carbocycles. The highest BCUT2D eigenvalue weighted by Crippen LogP contribution is 2.27. The zero-order valence-corrected chi connectivity index (χ0v) is 10.4. The summed E-state index contributed by atoms with van der Waals surface area (Å²) in [6.07, 6.45) is 0. The number of carbonyl (C=O) groups is 1. The quantitative estimate of drug-likeness (QED) is 0.831. The van der Waals surface area contributed by atoms with E-state index in [0.29, 0.717) is 4.34 Å². The summed E-state index contributed by atoms with van der Waals surface area (Å²) in [7, 11) is 0. The van der Waals surface area contributed by atoms with Crippen LogP contribution in [0.3, 0.4) is 0 Å². The lowest BCUT2D eigenvalue weighted by atomic mass is 10.2. The molecule has 0 bridgehead atoms. The predicted octanol–water partition coefficient (Wildman–Crippen LogP) is 3.51. The van der Waals surface area contributed by atoms with E-state index in [2.05, 4.69) is 5.32 Å². The van der Waals surface area contributed by atoms with E-state index in [0.717, 1.165) is 17.4 Å². The second-order valence-corrected chi connectivity index (χ2v) is 5.10. The molecule has 7 heteroatoms. The topological polar surface area (TPSA) is 55.1 Å². The van der Waals surface area contributed by atoms with Crippen molar-refractivity contribution in [2.45, 2.75) is 0 Å². The van der Waals surface area contributed by atoms with E-state index >= 15 is 0 Å². The number of anilines is 2. The van der Waals surface area contributed by atoms with Crippen LogP contribution in [0, 0.1) is 11.6 Å². The summed E-state index contributed by atoms with van der Waals surface area (Å²) < 4.78 is 26.9. The van der Waals surface area contributed by atoms with Gasteiger partial charge in [0.15, 0.2) is 11.6 Å². The molecule has 94 valence electrons. The number of thiophene rings is 1. The van der Waals surface area contributed by atoms with Crippen LogP contribution in [0.4, 0.5) is 20.2 Å². The zero-order valence-electron chi connectivity index (χ0n) is 8.84. The molecule has 2 aromatic rings. The molecule has 3 N–H and O–H groups in total. The Morgan fingerprint density at radius 1 is 1.28 bits per heavy atom. The maximum Gasteiger partial charge on any atom is 0.265 e.